The zero-order chi connectivity index (χ0) is 27.9. The van der Waals surface area contributed by atoms with Crippen molar-refractivity contribution in [3.63, 3.8) is 0 Å². The number of carbonyl (C=O) groups is 3. The number of carbonyl (C=O) groups excluding carboxylic acids is 3. The van der Waals surface area contributed by atoms with Gasteiger partial charge in [-0.15, -0.1) is 0 Å². The number of aldehydes is 1. The van der Waals surface area contributed by atoms with Gasteiger partial charge < -0.3 is 20.3 Å². The highest BCUT2D eigenvalue weighted by Crippen LogP contribution is 2.27. The Labute approximate surface area is 233 Å². The molecule has 2 atom stereocenters. The number of nitrogens with one attached hydrogen (secondary N) is 2. The summed E-state index contributed by atoms with van der Waals surface area (Å²) >= 11 is 0. The number of benzene rings is 4. The minimum Gasteiger partial charge on any atom is -0.350 e. The number of hydrogen-bond acceptors (Lipinski definition) is 4. The zero-order valence-electron chi connectivity index (χ0n) is 22.1. The van der Waals surface area contributed by atoms with Crippen molar-refractivity contribution in [2.24, 2.45) is 0 Å². The van der Waals surface area contributed by atoms with Crippen LogP contribution in [0.4, 0.5) is 4.39 Å². The lowest BCUT2D eigenvalue weighted by atomic mass is 9.90. The second-order valence-corrected chi connectivity index (χ2v) is 10.2. The maximum Gasteiger partial charge on any atom is 0.251 e. The molecule has 1 saturated heterocycles. The van der Waals surface area contributed by atoms with E-state index in [0.717, 1.165) is 28.2 Å². The fourth-order valence-electron chi connectivity index (χ4n) is 5.36. The van der Waals surface area contributed by atoms with Crippen LogP contribution < -0.4 is 10.6 Å². The van der Waals surface area contributed by atoms with Gasteiger partial charge in [-0.25, -0.2) is 4.39 Å². The van der Waals surface area contributed by atoms with Crippen LogP contribution in [0.3, 0.4) is 0 Å². The third-order valence-electron chi connectivity index (χ3n) is 7.51. The van der Waals surface area contributed by atoms with E-state index in [1.165, 1.54) is 12.1 Å². The normalized spacial score (nSPS) is 17.6. The first-order chi connectivity index (χ1) is 19.5. The maximum atomic E-state index is 13.6. The molecule has 2 amide bonds. The summed E-state index contributed by atoms with van der Waals surface area (Å²) in [6.45, 7) is 1.29. The lowest BCUT2D eigenvalue weighted by Gasteiger charge is -2.29. The average molecular weight is 538 g/mol. The highest BCUT2D eigenvalue weighted by Gasteiger charge is 2.32. The SMILES string of the molecule is O=CC[C@@H]1N[C@H](CNC(=O)c2ccc3cc(F)ccc3c2)CCN(CC(c2ccccc2)c2ccccc2)C1=O. The standard InChI is InChI=1S/C33H32FN3O3/c34-28-14-13-25-19-27(12-11-26(25)20-28)32(39)35-21-29-15-17-37(33(40)31(36-29)16-18-38)22-30(23-7-3-1-4-8-23)24-9-5-2-6-10-24/h1-14,18-20,29-31,36H,15-17,21-22H2,(H,35,39)/t29-,31-/m0/s1. The second kappa shape index (κ2) is 12.7. The van der Waals surface area contributed by atoms with Crippen molar-refractivity contribution in [3.8, 4) is 0 Å². The number of fused-ring (bicyclic) bond motifs is 1. The number of hydrogen-bond donors (Lipinski definition) is 2. The summed E-state index contributed by atoms with van der Waals surface area (Å²) in [5, 5.41) is 7.78. The van der Waals surface area contributed by atoms with Gasteiger partial charge in [0.1, 0.15) is 12.1 Å². The van der Waals surface area contributed by atoms with Gasteiger partial charge in [-0.2, -0.15) is 0 Å². The van der Waals surface area contributed by atoms with E-state index >= 15 is 0 Å². The van der Waals surface area contributed by atoms with Gasteiger partial charge in [0.2, 0.25) is 5.91 Å². The molecule has 40 heavy (non-hydrogen) atoms. The molecule has 5 rings (SSSR count). The van der Waals surface area contributed by atoms with Crippen LogP contribution >= 0.6 is 0 Å². The minimum atomic E-state index is -0.662. The summed E-state index contributed by atoms with van der Waals surface area (Å²) in [4.78, 5) is 39.8. The number of nitrogens with zero attached hydrogens (tertiary/aromatic N) is 1. The summed E-state index contributed by atoms with van der Waals surface area (Å²) in [5.41, 5.74) is 2.71. The molecule has 204 valence electrons. The van der Waals surface area contributed by atoms with Crippen LogP contribution in [-0.4, -0.2) is 54.7 Å². The van der Waals surface area contributed by atoms with Gasteiger partial charge in [-0.3, -0.25) is 9.59 Å². The van der Waals surface area contributed by atoms with E-state index < -0.39 is 6.04 Å². The smallest absolute Gasteiger partial charge is 0.251 e. The van der Waals surface area contributed by atoms with Gasteiger partial charge in [0, 0.05) is 43.6 Å². The number of rotatable bonds is 9. The molecule has 0 bridgehead atoms. The number of amides is 2. The molecule has 0 aromatic heterocycles. The highest BCUT2D eigenvalue weighted by molar-refractivity contribution is 5.98. The van der Waals surface area contributed by atoms with Crippen LogP contribution in [0.25, 0.3) is 10.8 Å². The van der Waals surface area contributed by atoms with Crippen LogP contribution in [-0.2, 0) is 9.59 Å². The zero-order valence-corrected chi connectivity index (χ0v) is 22.1. The summed E-state index contributed by atoms with van der Waals surface area (Å²) in [7, 11) is 0. The van der Waals surface area contributed by atoms with Crippen molar-refractivity contribution in [1.29, 1.82) is 0 Å². The third kappa shape index (κ3) is 6.43. The molecule has 4 aromatic carbocycles. The van der Waals surface area contributed by atoms with Gasteiger partial charge in [-0.05, 0) is 52.6 Å². The van der Waals surface area contributed by atoms with Crippen LogP contribution in [0.1, 0.15) is 40.2 Å². The quantitative estimate of drug-likeness (QED) is 0.304. The number of halogens is 1. The lowest BCUT2D eigenvalue weighted by molar-refractivity contribution is -0.133. The second-order valence-electron chi connectivity index (χ2n) is 10.2. The Bertz CT molecular complexity index is 1440. The Morgan fingerprint density at radius 1 is 0.950 bits per heavy atom. The monoisotopic (exact) mass is 537 g/mol. The van der Waals surface area contributed by atoms with Crippen LogP contribution in [0.15, 0.2) is 97.1 Å². The first-order valence-electron chi connectivity index (χ1n) is 13.6. The van der Waals surface area contributed by atoms with E-state index in [0.29, 0.717) is 31.6 Å². The van der Waals surface area contributed by atoms with E-state index in [1.807, 2.05) is 41.3 Å². The van der Waals surface area contributed by atoms with Crippen LogP contribution in [0, 0.1) is 5.82 Å². The van der Waals surface area contributed by atoms with E-state index in [-0.39, 0.29) is 36.0 Å². The van der Waals surface area contributed by atoms with Crippen molar-refractivity contribution >= 4 is 28.9 Å². The Morgan fingerprint density at radius 2 is 1.60 bits per heavy atom. The molecule has 0 saturated carbocycles. The van der Waals surface area contributed by atoms with Crippen molar-refractivity contribution < 1.29 is 18.8 Å². The van der Waals surface area contributed by atoms with Crippen LogP contribution in [0.5, 0.6) is 0 Å². The molecule has 2 N–H and O–H groups in total. The maximum absolute atomic E-state index is 13.6. The molecule has 1 aliphatic rings. The van der Waals surface area contributed by atoms with E-state index in [1.54, 1.807) is 24.3 Å². The Hall–Kier alpha value is -4.36. The fraction of sp³-hybridized carbons (Fsp3) is 0.242. The summed E-state index contributed by atoms with van der Waals surface area (Å²) in [6.07, 6.45) is 1.44. The fourth-order valence-corrected chi connectivity index (χ4v) is 5.36. The summed E-state index contributed by atoms with van der Waals surface area (Å²) in [6, 6.07) is 29.0. The summed E-state index contributed by atoms with van der Waals surface area (Å²) < 4.78 is 13.5. The molecule has 4 aromatic rings. The van der Waals surface area contributed by atoms with Gasteiger partial charge in [0.15, 0.2) is 0 Å². The molecular weight excluding hydrogens is 505 g/mol. The van der Waals surface area contributed by atoms with Gasteiger partial charge in [-0.1, -0.05) is 72.8 Å². The molecule has 6 nitrogen and oxygen atoms in total. The van der Waals surface area contributed by atoms with Crippen molar-refractivity contribution in [2.75, 3.05) is 19.6 Å². The van der Waals surface area contributed by atoms with Gasteiger partial charge in [0.25, 0.3) is 5.91 Å². The Morgan fingerprint density at radius 3 is 2.27 bits per heavy atom. The first kappa shape index (κ1) is 27.2. The lowest BCUT2D eigenvalue weighted by Crippen LogP contribution is -2.49. The molecule has 1 fully saturated rings. The molecule has 1 heterocycles. The molecule has 7 heteroatoms. The highest BCUT2D eigenvalue weighted by atomic mass is 19.1. The van der Waals surface area contributed by atoms with E-state index in [9.17, 15) is 18.8 Å². The molecule has 0 spiro atoms. The van der Waals surface area contributed by atoms with E-state index in [2.05, 4.69) is 34.9 Å². The molecule has 0 unspecified atom stereocenters. The minimum absolute atomic E-state index is 0.0131. The first-order valence-corrected chi connectivity index (χ1v) is 13.6. The largest absolute Gasteiger partial charge is 0.350 e. The van der Waals surface area contributed by atoms with Crippen LogP contribution in [0.2, 0.25) is 0 Å². The Kier molecular flexibility index (Phi) is 8.62. The molecule has 0 aliphatic carbocycles. The predicted molar refractivity (Wildman–Crippen MR) is 154 cm³/mol. The van der Waals surface area contributed by atoms with Crippen molar-refractivity contribution in [3.05, 3.63) is 120 Å². The topological polar surface area (TPSA) is 78.5 Å². The summed E-state index contributed by atoms with van der Waals surface area (Å²) in [5.74, 6) is -0.697. The molecular formula is C33H32FN3O3. The predicted octanol–water partition coefficient (Wildman–Crippen LogP) is 4.69. The third-order valence-corrected chi connectivity index (χ3v) is 7.51. The molecule has 1 aliphatic heterocycles. The average Bonchev–Trinajstić information content (AvgIpc) is 3.13. The van der Waals surface area contributed by atoms with Crippen molar-refractivity contribution in [2.45, 2.75) is 30.8 Å². The van der Waals surface area contributed by atoms with Gasteiger partial charge in [0.05, 0.1) is 6.04 Å². The van der Waals surface area contributed by atoms with E-state index in [4.69, 9.17) is 0 Å². The molecule has 0 radical (unpaired) electrons. The van der Waals surface area contributed by atoms with Crippen molar-refractivity contribution in [1.82, 2.24) is 15.5 Å². The van der Waals surface area contributed by atoms with Gasteiger partial charge >= 0.3 is 0 Å². The Balaban J connectivity index is 1.29.